The quantitative estimate of drug-likeness (QED) is 0.352. The Hall–Kier alpha value is -2.04. The van der Waals surface area contributed by atoms with Crippen LogP contribution in [0.2, 0.25) is 0 Å². The van der Waals surface area contributed by atoms with Gasteiger partial charge in [0, 0.05) is 0 Å². The van der Waals surface area contributed by atoms with Gasteiger partial charge in [0.25, 0.3) is 0 Å². The molecule has 5 nitrogen and oxygen atoms in total. The molecule has 0 amide bonds. The maximum absolute atomic E-state index is 11.3. The van der Waals surface area contributed by atoms with Crippen LogP contribution in [0.5, 0.6) is 5.75 Å². The lowest BCUT2D eigenvalue weighted by molar-refractivity contribution is 0.0597. The summed E-state index contributed by atoms with van der Waals surface area (Å²) in [5, 5.41) is 11.2. The monoisotopic (exact) mass is 209 g/mol. The van der Waals surface area contributed by atoms with Gasteiger partial charge in [-0.2, -0.15) is 0 Å². The van der Waals surface area contributed by atoms with E-state index < -0.39 is 5.97 Å². The van der Waals surface area contributed by atoms with Crippen LogP contribution in [0.1, 0.15) is 15.9 Å². The second kappa shape index (κ2) is 4.99. The van der Waals surface area contributed by atoms with Gasteiger partial charge in [-0.3, -0.25) is 0 Å². The van der Waals surface area contributed by atoms with Crippen LogP contribution in [0.4, 0.5) is 0 Å². The first-order valence-electron chi connectivity index (χ1n) is 4.16. The molecule has 0 fully saturated rings. The highest BCUT2D eigenvalue weighted by Gasteiger charge is 2.12. The van der Waals surface area contributed by atoms with Gasteiger partial charge >= 0.3 is 5.97 Å². The van der Waals surface area contributed by atoms with Gasteiger partial charge in [-0.15, -0.1) is 0 Å². The molecule has 0 unspecified atom stereocenters. The average molecular weight is 209 g/mol. The Bertz CT molecular complexity index is 387. The predicted octanol–water partition coefficient (Wildman–Crippen LogP) is 1.29. The van der Waals surface area contributed by atoms with E-state index in [4.69, 9.17) is 9.94 Å². The van der Waals surface area contributed by atoms with Crippen LogP contribution < -0.4 is 4.74 Å². The highest BCUT2D eigenvalue weighted by Crippen LogP contribution is 2.19. The minimum absolute atomic E-state index is 0.289. The number of benzene rings is 1. The van der Waals surface area contributed by atoms with Gasteiger partial charge in [-0.25, -0.2) is 4.79 Å². The molecule has 0 saturated carbocycles. The zero-order chi connectivity index (χ0) is 11.3. The molecule has 0 saturated heterocycles. The fourth-order valence-electron chi connectivity index (χ4n) is 1.14. The highest BCUT2D eigenvalue weighted by atomic mass is 16.5. The molecular formula is C10H11NO4. The molecule has 0 bridgehead atoms. The average Bonchev–Trinajstić information content (AvgIpc) is 2.28. The summed E-state index contributed by atoms with van der Waals surface area (Å²) in [5.74, 6) is -0.0861. The summed E-state index contributed by atoms with van der Waals surface area (Å²) >= 11 is 0. The smallest absolute Gasteiger partial charge is 0.341 e. The van der Waals surface area contributed by atoms with Gasteiger partial charge in [0.2, 0.25) is 0 Å². The minimum Gasteiger partial charge on any atom is -0.496 e. The molecule has 0 radical (unpaired) electrons. The molecule has 0 atom stereocenters. The second-order valence-electron chi connectivity index (χ2n) is 2.70. The molecular weight excluding hydrogens is 198 g/mol. The SMILES string of the molecule is COC(=O)c1cc(/C=N\O)ccc1OC. The van der Waals surface area contributed by atoms with E-state index in [1.165, 1.54) is 26.5 Å². The summed E-state index contributed by atoms with van der Waals surface area (Å²) in [6.07, 6.45) is 1.21. The molecule has 0 spiro atoms. The Morgan fingerprint density at radius 3 is 2.73 bits per heavy atom. The van der Waals surface area contributed by atoms with Gasteiger partial charge in [-0.1, -0.05) is 5.16 Å². The lowest BCUT2D eigenvalue weighted by Gasteiger charge is -2.06. The van der Waals surface area contributed by atoms with Crippen molar-refractivity contribution in [2.45, 2.75) is 0 Å². The standard InChI is InChI=1S/C10H11NO4/c1-14-9-4-3-7(6-11-13)5-8(9)10(12)15-2/h3-6,13H,1-2H3/b11-6-. The summed E-state index contributed by atoms with van der Waals surface area (Å²) in [5.41, 5.74) is 0.871. The Labute approximate surface area is 86.9 Å². The van der Waals surface area contributed by atoms with Crippen molar-refractivity contribution in [3.05, 3.63) is 29.3 Å². The Morgan fingerprint density at radius 1 is 1.47 bits per heavy atom. The van der Waals surface area contributed by atoms with E-state index in [0.29, 0.717) is 11.3 Å². The molecule has 80 valence electrons. The number of carbonyl (C=O) groups excluding carboxylic acids is 1. The van der Waals surface area contributed by atoms with Crippen molar-refractivity contribution in [3.63, 3.8) is 0 Å². The first kappa shape index (κ1) is 11.0. The molecule has 0 aliphatic rings. The van der Waals surface area contributed by atoms with Crippen LogP contribution in [0.3, 0.4) is 0 Å². The number of methoxy groups -OCH3 is 2. The van der Waals surface area contributed by atoms with Crippen LogP contribution in [-0.2, 0) is 4.74 Å². The summed E-state index contributed by atoms with van der Waals surface area (Å²) in [6.45, 7) is 0. The zero-order valence-corrected chi connectivity index (χ0v) is 8.43. The number of oxime groups is 1. The number of hydrogen-bond acceptors (Lipinski definition) is 5. The van der Waals surface area contributed by atoms with E-state index in [0.717, 1.165) is 0 Å². The van der Waals surface area contributed by atoms with Crippen LogP contribution in [0.15, 0.2) is 23.4 Å². The molecule has 1 N–H and O–H groups in total. The molecule has 1 rings (SSSR count). The van der Waals surface area contributed by atoms with E-state index >= 15 is 0 Å². The molecule has 0 aromatic heterocycles. The molecule has 15 heavy (non-hydrogen) atoms. The van der Waals surface area contributed by atoms with Gasteiger partial charge in [0.1, 0.15) is 11.3 Å². The number of rotatable bonds is 3. The molecule has 1 aromatic rings. The van der Waals surface area contributed by atoms with E-state index in [1.807, 2.05) is 0 Å². The number of carbonyl (C=O) groups is 1. The first-order valence-corrected chi connectivity index (χ1v) is 4.16. The topological polar surface area (TPSA) is 68.1 Å². The van der Waals surface area contributed by atoms with Crippen LogP contribution in [0.25, 0.3) is 0 Å². The highest BCUT2D eigenvalue weighted by molar-refractivity contribution is 5.95. The van der Waals surface area contributed by atoms with E-state index in [1.54, 1.807) is 12.1 Å². The first-order chi connectivity index (χ1) is 7.22. The maximum Gasteiger partial charge on any atom is 0.341 e. The van der Waals surface area contributed by atoms with Crippen molar-refractivity contribution < 1.29 is 19.5 Å². The lowest BCUT2D eigenvalue weighted by Crippen LogP contribution is -2.04. The van der Waals surface area contributed by atoms with Crippen molar-refractivity contribution >= 4 is 12.2 Å². The van der Waals surface area contributed by atoms with Crippen molar-refractivity contribution in [3.8, 4) is 5.75 Å². The summed E-state index contributed by atoms with van der Waals surface area (Å²) < 4.78 is 9.58. The van der Waals surface area contributed by atoms with Crippen LogP contribution in [-0.4, -0.2) is 31.6 Å². The summed E-state index contributed by atoms with van der Waals surface area (Å²) in [6, 6.07) is 4.78. The Balaban J connectivity index is 3.18. The molecule has 5 heteroatoms. The van der Waals surface area contributed by atoms with Crippen molar-refractivity contribution in [2.24, 2.45) is 5.16 Å². The zero-order valence-electron chi connectivity index (χ0n) is 8.43. The predicted molar refractivity (Wildman–Crippen MR) is 53.7 cm³/mol. The van der Waals surface area contributed by atoms with E-state index in [9.17, 15) is 4.79 Å². The normalized spacial score (nSPS) is 10.3. The number of ether oxygens (including phenoxy) is 2. The number of hydrogen-bond donors (Lipinski definition) is 1. The lowest BCUT2D eigenvalue weighted by atomic mass is 10.1. The number of nitrogens with zero attached hydrogens (tertiary/aromatic N) is 1. The van der Waals surface area contributed by atoms with E-state index in [2.05, 4.69) is 9.89 Å². The van der Waals surface area contributed by atoms with Gasteiger partial charge in [0.15, 0.2) is 0 Å². The van der Waals surface area contributed by atoms with Crippen LogP contribution >= 0.6 is 0 Å². The largest absolute Gasteiger partial charge is 0.496 e. The van der Waals surface area contributed by atoms with Gasteiger partial charge in [-0.05, 0) is 23.8 Å². The summed E-state index contributed by atoms with van der Waals surface area (Å²) in [7, 11) is 2.75. The third-order valence-electron chi connectivity index (χ3n) is 1.84. The third-order valence-corrected chi connectivity index (χ3v) is 1.84. The summed E-state index contributed by atoms with van der Waals surface area (Å²) in [4.78, 5) is 11.3. The fourth-order valence-corrected chi connectivity index (χ4v) is 1.14. The van der Waals surface area contributed by atoms with Crippen molar-refractivity contribution in [1.82, 2.24) is 0 Å². The molecule has 0 heterocycles. The van der Waals surface area contributed by atoms with Gasteiger partial charge < -0.3 is 14.7 Å². The van der Waals surface area contributed by atoms with Crippen molar-refractivity contribution in [1.29, 1.82) is 0 Å². The number of esters is 1. The molecule has 1 aromatic carbocycles. The minimum atomic E-state index is -0.500. The Morgan fingerprint density at radius 2 is 2.20 bits per heavy atom. The Kier molecular flexibility index (Phi) is 3.68. The van der Waals surface area contributed by atoms with Crippen molar-refractivity contribution in [2.75, 3.05) is 14.2 Å². The maximum atomic E-state index is 11.3. The van der Waals surface area contributed by atoms with E-state index in [-0.39, 0.29) is 5.56 Å². The fraction of sp³-hybridized carbons (Fsp3) is 0.200. The second-order valence-corrected chi connectivity index (χ2v) is 2.70. The molecule has 0 aliphatic carbocycles. The van der Waals surface area contributed by atoms with Gasteiger partial charge in [0.05, 0.1) is 20.4 Å². The third kappa shape index (κ3) is 2.46. The van der Waals surface area contributed by atoms with Crippen LogP contribution in [0, 0.1) is 0 Å². The molecule has 0 aliphatic heterocycles.